The van der Waals surface area contributed by atoms with Crippen molar-refractivity contribution in [2.45, 2.75) is 31.7 Å². The van der Waals surface area contributed by atoms with Crippen molar-refractivity contribution in [1.29, 1.82) is 0 Å². The molecule has 192 valence electrons. The molecule has 1 fully saturated rings. The van der Waals surface area contributed by atoms with Crippen LogP contribution in [0.5, 0.6) is 11.5 Å². The molecule has 2 aromatic carbocycles. The molecule has 2 aromatic rings. The molecule has 2 aliphatic rings. The van der Waals surface area contributed by atoms with Crippen LogP contribution in [-0.4, -0.2) is 68.5 Å². The van der Waals surface area contributed by atoms with Crippen molar-refractivity contribution in [3.8, 4) is 11.5 Å². The van der Waals surface area contributed by atoms with E-state index in [1.54, 1.807) is 44.4 Å². The summed E-state index contributed by atoms with van der Waals surface area (Å²) < 4.78 is 29.7. The number of rotatable bonds is 10. The van der Waals surface area contributed by atoms with E-state index in [0.29, 0.717) is 36.8 Å². The number of hydrazone groups is 1. The molecule has 9 heteroatoms. The van der Waals surface area contributed by atoms with Crippen LogP contribution >= 0.6 is 0 Å². The summed E-state index contributed by atoms with van der Waals surface area (Å²) in [7, 11) is 4.71. The predicted octanol–water partition coefficient (Wildman–Crippen LogP) is 3.80. The quantitative estimate of drug-likeness (QED) is 0.499. The Bertz CT molecular complexity index is 1120. The number of carbonyl (C=O) groups excluding carboxylic acids is 2. The van der Waals surface area contributed by atoms with Gasteiger partial charge in [0.25, 0.3) is 5.91 Å². The van der Waals surface area contributed by atoms with Gasteiger partial charge in [0.05, 0.1) is 32.6 Å². The number of hydrogen-bond donors (Lipinski definition) is 0. The van der Waals surface area contributed by atoms with Crippen molar-refractivity contribution in [2.75, 3.05) is 41.0 Å². The van der Waals surface area contributed by atoms with Crippen LogP contribution in [0, 0.1) is 11.7 Å². The van der Waals surface area contributed by atoms with E-state index >= 15 is 0 Å². The van der Waals surface area contributed by atoms with Crippen molar-refractivity contribution in [3.05, 3.63) is 59.4 Å². The summed E-state index contributed by atoms with van der Waals surface area (Å²) in [5, 5.41) is 6.11. The molecule has 1 aliphatic heterocycles. The number of carbonyl (C=O) groups is 2. The minimum Gasteiger partial charge on any atom is -0.497 e. The van der Waals surface area contributed by atoms with E-state index in [1.807, 2.05) is 12.1 Å². The van der Waals surface area contributed by atoms with Crippen LogP contribution in [0.25, 0.3) is 0 Å². The van der Waals surface area contributed by atoms with Gasteiger partial charge in [0.15, 0.2) is 0 Å². The molecule has 0 saturated heterocycles. The lowest BCUT2D eigenvalue weighted by Crippen LogP contribution is -2.46. The van der Waals surface area contributed by atoms with Crippen LogP contribution in [0.2, 0.25) is 0 Å². The maximum absolute atomic E-state index is 13.6. The first-order chi connectivity index (χ1) is 17.4. The zero-order chi connectivity index (χ0) is 25.7. The molecule has 36 heavy (non-hydrogen) atoms. The Morgan fingerprint density at radius 2 is 1.83 bits per heavy atom. The molecule has 0 N–H and O–H groups in total. The number of nitrogens with zero attached hydrogens (tertiary/aromatic N) is 3. The molecule has 1 saturated carbocycles. The Balaban J connectivity index is 1.64. The van der Waals surface area contributed by atoms with E-state index in [2.05, 4.69) is 0 Å². The molecule has 0 radical (unpaired) electrons. The van der Waals surface area contributed by atoms with E-state index in [1.165, 1.54) is 17.1 Å². The number of hydrogen-bond acceptors (Lipinski definition) is 6. The van der Waals surface area contributed by atoms with Gasteiger partial charge in [-0.2, -0.15) is 5.10 Å². The van der Waals surface area contributed by atoms with E-state index in [4.69, 9.17) is 19.3 Å². The first-order valence-electron chi connectivity index (χ1n) is 12.1. The molecular formula is C27H32FN3O5. The number of amides is 2. The average molecular weight is 498 g/mol. The zero-order valence-corrected chi connectivity index (χ0v) is 20.9. The van der Waals surface area contributed by atoms with Gasteiger partial charge in [0.1, 0.15) is 23.9 Å². The van der Waals surface area contributed by atoms with Crippen molar-refractivity contribution in [1.82, 2.24) is 9.91 Å². The molecular weight excluding hydrogens is 465 g/mol. The van der Waals surface area contributed by atoms with Crippen molar-refractivity contribution in [3.63, 3.8) is 0 Å². The number of ether oxygens (including phenoxy) is 3. The molecule has 0 unspecified atom stereocenters. The van der Waals surface area contributed by atoms with Gasteiger partial charge in [-0.25, -0.2) is 9.40 Å². The highest BCUT2D eigenvalue weighted by Crippen LogP contribution is 2.36. The topological polar surface area (TPSA) is 80.7 Å². The van der Waals surface area contributed by atoms with Crippen molar-refractivity contribution < 1.29 is 28.2 Å². The third kappa shape index (κ3) is 5.51. The summed E-state index contributed by atoms with van der Waals surface area (Å²) in [6.07, 6.45) is 3.13. The fourth-order valence-electron chi connectivity index (χ4n) is 4.50. The van der Waals surface area contributed by atoms with Crippen LogP contribution in [0.15, 0.2) is 47.6 Å². The van der Waals surface area contributed by atoms with Crippen LogP contribution < -0.4 is 9.47 Å². The van der Waals surface area contributed by atoms with Gasteiger partial charge < -0.3 is 19.1 Å². The monoisotopic (exact) mass is 497 g/mol. The molecule has 1 aliphatic carbocycles. The van der Waals surface area contributed by atoms with Gasteiger partial charge in [-0.3, -0.25) is 9.59 Å². The fraction of sp³-hybridized carbons (Fsp3) is 0.444. The molecule has 0 aromatic heterocycles. The van der Waals surface area contributed by atoms with E-state index in [9.17, 15) is 14.0 Å². The third-order valence-corrected chi connectivity index (χ3v) is 6.80. The van der Waals surface area contributed by atoms with Gasteiger partial charge in [0, 0.05) is 37.6 Å². The number of methoxy groups -OCH3 is 3. The molecule has 2 amide bonds. The van der Waals surface area contributed by atoms with Crippen LogP contribution in [0.4, 0.5) is 4.39 Å². The summed E-state index contributed by atoms with van der Waals surface area (Å²) in [4.78, 5) is 28.2. The first kappa shape index (κ1) is 25.6. The SMILES string of the molecule is COCCN(CC(=O)N1N=C(c2ccc(OC)cc2OC)C[C@H]1c1ccc(F)cc1)C(=O)C1CCC1. The van der Waals surface area contributed by atoms with Gasteiger partial charge in [-0.05, 0) is 42.7 Å². The lowest BCUT2D eigenvalue weighted by molar-refractivity contribution is -0.146. The second-order valence-electron chi connectivity index (χ2n) is 9.00. The molecule has 8 nitrogen and oxygen atoms in total. The van der Waals surface area contributed by atoms with Gasteiger partial charge in [-0.1, -0.05) is 18.6 Å². The summed E-state index contributed by atoms with van der Waals surface area (Å²) in [5.74, 6) is 0.483. The van der Waals surface area contributed by atoms with E-state index in [0.717, 1.165) is 30.4 Å². The minimum absolute atomic E-state index is 0.0230. The second kappa shape index (κ2) is 11.5. The standard InChI is InChI=1S/C27H32FN3O5/c1-34-14-13-30(27(33)19-5-4-6-19)17-26(32)31-24(18-7-9-20(28)10-8-18)16-23(29-31)22-12-11-21(35-2)15-25(22)36-3/h7-12,15,19,24H,4-6,13-14,16-17H2,1-3H3/t24-/m0/s1. The van der Waals surface area contributed by atoms with Crippen molar-refractivity contribution >= 4 is 17.5 Å². The average Bonchev–Trinajstić information content (AvgIpc) is 3.30. The van der Waals surface area contributed by atoms with E-state index < -0.39 is 6.04 Å². The maximum atomic E-state index is 13.6. The van der Waals surface area contributed by atoms with Crippen LogP contribution in [0.3, 0.4) is 0 Å². The summed E-state index contributed by atoms with van der Waals surface area (Å²) in [6, 6.07) is 11.0. The molecule has 0 spiro atoms. The normalized spacial score (nSPS) is 17.4. The minimum atomic E-state index is -0.442. The molecule has 4 rings (SSSR count). The Hall–Kier alpha value is -3.46. The highest BCUT2D eigenvalue weighted by atomic mass is 19.1. The third-order valence-electron chi connectivity index (χ3n) is 6.80. The number of benzene rings is 2. The zero-order valence-electron chi connectivity index (χ0n) is 20.9. The smallest absolute Gasteiger partial charge is 0.262 e. The van der Waals surface area contributed by atoms with E-state index in [-0.39, 0.29) is 30.1 Å². The number of halogens is 1. The fourth-order valence-corrected chi connectivity index (χ4v) is 4.50. The molecule has 0 bridgehead atoms. The molecule has 1 atom stereocenters. The van der Waals surface area contributed by atoms with Crippen LogP contribution in [-0.2, 0) is 14.3 Å². The summed E-state index contributed by atoms with van der Waals surface area (Å²) >= 11 is 0. The molecule has 1 heterocycles. The first-order valence-corrected chi connectivity index (χ1v) is 12.1. The Morgan fingerprint density at radius 3 is 2.44 bits per heavy atom. The predicted molar refractivity (Wildman–Crippen MR) is 132 cm³/mol. The lowest BCUT2D eigenvalue weighted by atomic mass is 9.84. The van der Waals surface area contributed by atoms with Gasteiger partial charge in [0.2, 0.25) is 5.91 Å². The van der Waals surface area contributed by atoms with Crippen molar-refractivity contribution in [2.24, 2.45) is 11.0 Å². The van der Waals surface area contributed by atoms with Crippen LogP contribution in [0.1, 0.15) is 42.9 Å². The Labute approximate surface area is 210 Å². The Kier molecular flexibility index (Phi) is 8.20. The summed E-state index contributed by atoms with van der Waals surface area (Å²) in [6.45, 7) is 0.563. The second-order valence-corrected chi connectivity index (χ2v) is 9.00. The Morgan fingerprint density at radius 1 is 1.08 bits per heavy atom. The highest BCUT2D eigenvalue weighted by molar-refractivity contribution is 6.05. The van der Waals surface area contributed by atoms with Gasteiger partial charge >= 0.3 is 0 Å². The van der Waals surface area contributed by atoms with Gasteiger partial charge in [-0.15, -0.1) is 0 Å². The highest BCUT2D eigenvalue weighted by Gasteiger charge is 2.37. The summed E-state index contributed by atoms with van der Waals surface area (Å²) in [5.41, 5.74) is 2.15. The lowest BCUT2D eigenvalue weighted by Gasteiger charge is -2.32. The largest absolute Gasteiger partial charge is 0.497 e. The maximum Gasteiger partial charge on any atom is 0.262 e.